The van der Waals surface area contributed by atoms with Gasteiger partial charge in [-0.3, -0.25) is 4.99 Å². The van der Waals surface area contributed by atoms with Crippen molar-refractivity contribution in [3.63, 3.8) is 0 Å². The molecule has 0 spiro atoms. The maximum atomic E-state index is 4.38. The Morgan fingerprint density at radius 2 is 1.80 bits per heavy atom. The number of benzene rings is 1. The fraction of sp³-hybridized carbons (Fsp3) is 0.214. The number of allylic oxidation sites excluding steroid dienone is 2. The summed E-state index contributed by atoms with van der Waals surface area (Å²) in [6.45, 7) is 9.76. The minimum absolute atomic E-state index is 1.02. The number of hydrogen-bond donors (Lipinski definition) is 0. The first-order chi connectivity index (χ1) is 7.13. The molecule has 0 saturated carbocycles. The first-order valence-corrected chi connectivity index (χ1v) is 5.04. The van der Waals surface area contributed by atoms with Gasteiger partial charge in [0.2, 0.25) is 0 Å². The van der Waals surface area contributed by atoms with Gasteiger partial charge in [-0.1, -0.05) is 42.5 Å². The highest BCUT2D eigenvalue weighted by atomic mass is 14.7. The average molecular weight is 199 g/mol. The van der Waals surface area contributed by atoms with Gasteiger partial charge in [-0.2, -0.15) is 0 Å². The molecule has 0 aromatic heterocycles. The number of hydrogen-bond acceptors (Lipinski definition) is 1. The third kappa shape index (κ3) is 3.55. The summed E-state index contributed by atoms with van der Waals surface area (Å²) >= 11 is 0. The predicted octanol–water partition coefficient (Wildman–Crippen LogP) is 3.89. The maximum Gasteiger partial charge on any atom is 0.0445 e. The largest absolute Gasteiger partial charge is 0.261 e. The molecule has 1 aromatic carbocycles. The molecular formula is C14H17N. The quantitative estimate of drug-likeness (QED) is 0.517. The van der Waals surface area contributed by atoms with Crippen LogP contribution in [0.3, 0.4) is 0 Å². The number of aryl methyl sites for hydroxylation is 1. The summed E-state index contributed by atoms with van der Waals surface area (Å²) in [5, 5.41) is 0. The third-order valence-corrected chi connectivity index (χ3v) is 2.25. The van der Waals surface area contributed by atoms with Crippen molar-refractivity contribution in [2.45, 2.75) is 20.8 Å². The third-order valence-electron chi connectivity index (χ3n) is 2.25. The molecule has 0 unspecified atom stereocenters. The van der Waals surface area contributed by atoms with Crippen molar-refractivity contribution in [1.82, 2.24) is 0 Å². The van der Waals surface area contributed by atoms with Crippen LogP contribution in [0.5, 0.6) is 0 Å². The Labute approximate surface area is 91.9 Å². The van der Waals surface area contributed by atoms with Crippen LogP contribution >= 0.6 is 0 Å². The summed E-state index contributed by atoms with van der Waals surface area (Å²) in [6, 6.07) is 8.37. The fourth-order valence-corrected chi connectivity index (χ4v) is 1.12. The summed E-state index contributed by atoms with van der Waals surface area (Å²) in [6.07, 6.45) is 3.63. The highest BCUT2D eigenvalue weighted by Gasteiger charge is 1.94. The Bertz CT molecular complexity index is 394. The van der Waals surface area contributed by atoms with Crippen molar-refractivity contribution < 1.29 is 0 Å². The van der Waals surface area contributed by atoms with Gasteiger partial charge in [0.25, 0.3) is 0 Å². The fourth-order valence-electron chi connectivity index (χ4n) is 1.12. The van der Waals surface area contributed by atoms with Gasteiger partial charge in [0.15, 0.2) is 0 Å². The second kappa shape index (κ2) is 5.30. The normalized spacial score (nSPS) is 12.7. The second-order valence-electron chi connectivity index (χ2n) is 3.66. The molecule has 0 atom stereocenters. The molecular weight excluding hydrogens is 182 g/mol. The van der Waals surface area contributed by atoms with Crippen molar-refractivity contribution in [3.8, 4) is 0 Å². The lowest BCUT2D eigenvalue weighted by atomic mass is 10.1. The topological polar surface area (TPSA) is 12.4 Å². The van der Waals surface area contributed by atoms with E-state index >= 15 is 0 Å². The smallest absolute Gasteiger partial charge is 0.0445 e. The maximum absolute atomic E-state index is 4.38. The van der Waals surface area contributed by atoms with Gasteiger partial charge in [0.05, 0.1) is 0 Å². The molecule has 1 heteroatoms. The molecule has 0 N–H and O–H groups in total. The van der Waals surface area contributed by atoms with Crippen LogP contribution in [0.25, 0.3) is 0 Å². The van der Waals surface area contributed by atoms with E-state index < -0.39 is 0 Å². The lowest BCUT2D eigenvalue weighted by Gasteiger charge is -1.99. The van der Waals surface area contributed by atoms with Crippen LogP contribution in [0.15, 0.2) is 53.7 Å². The van der Waals surface area contributed by atoms with Crippen LogP contribution < -0.4 is 0 Å². The van der Waals surface area contributed by atoms with Gasteiger partial charge in [0.1, 0.15) is 0 Å². The Kier molecular flexibility index (Phi) is 4.04. The lowest BCUT2D eigenvalue weighted by Crippen LogP contribution is -1.93. The monoisotopic (exact) mass is 199 g/mol. The molecule has 1 rings (SSSR count). The molecule has 1 aromatic rings. The van der Waals surface area contributed by atoms with E-state index in [4.69, 9.17) is 0 Å². The molecule has 0 heterocycles. The van der Waals surface area contributed by atoms with Crippen LogP contribution in [-0.2, 0) is 0 Å². The van der Waals surface area contributed by atoms with Crippen molar-refractivity contribution in [3.05, 3.63) is 59.8 Å². The van der Waals surface area contributed by atoms with Crippen molar-refractivity contribution in [2.75, 3.05) is 0 Å². The molecule has 0 radical (unpaired) electrons. The first-order valence-electron chi connectivity index (χ1n) is 5.04. The zero-order valence-corrected chi connectivity index (χ0v) is 9.62. The summed E-state index contributed by atoms with van der Waals surface area (Å²) in [4.78, 5) is 4.38. The van der Waals surface area contributed by atoms with E-state index in [2.05, 4.69) is 42.8 Å². The molecule has 78 valence electrons. The van der Waals surface area contributed by atoms with Crippen LogP contribution in [-0.4, -0.2) is 5.71 Å². The standard InChI is InChI=1S/C14H17N/c1-5-11(2)10-15-13(4)14-8-6-12(3)7-9-14/h5-10H,1H2,2-4H3/b11-10-,15-13?. The van der Waals surface area contributed by atoms with Crippen LogP contribution in [0, 0.1) is 6.92 Å². The summed E-state index contributed by atoms with van der Waals surface area (Å²) in [7, 11) is 0. The number of rotatable bonds is 3. The van der Waals surface area contributed by atoms with E-state index in [1.165, 1.54) is 5.56 Å². The molecule has 0 aliphatic rings. The molecule has 0 saturated heterocycles. The lowest BCUT2D eigenvalue weighted by molar-refractivity contribution is 1.40. The summed E-state index contributed by atoms with van der Waals surface area (Å²) in [5.41, 5.74) is 4.52. The van der Waals surface area contributed by atoms with E-state index in [9.17, 15) is 0 Å². The highest BCUT2D eigenvalue weighted by molar-refractivity contribution is 5.99. The minimum atomic E-state index is 1.02. The number of nitrogens with zero attached hydrogens (tertiary/aromatic N) is 1. The van der Waals surface area contributed by atoms with Crippen molar-refractivity contribution >= 4 is 5.71 Å². The summed E-state index contributed by atoms with van der Waals surface area (Å²) in [5.74, 6) is 0. The molecule has 1 nitrogen and oxygen atoms in total. The van der Waals surface area contributed by atoms with Gasteiger partial charge >= 0.3 is 0 Å². The van der Waals surface area contributed by atoms with E-state index in [0.717, 1.165) is 16.8 Å². The average Bonchev–Trinajstić information content (AvgIpc) is 2.26. The van der Waals surface area contributed by atoms with Gasteiger partial charge in [-0.05, 0) is 31.9 Å². The molecule has 15 heavy (non-hydrogen) atoms. The number of aliphatic imine (C=N–C) groups is 1. The predicted molar refractivity (Wildman–Crippen MR) is 67.3 cm³/mol. The zero-order valence-electron chi connectivity index (χ0n) is 9.62. The van der Waals surface area contributed by atoms with E-state index in [0.29, 0.717) is 0 Å². The molecule has 0 fully saturated rings. The Morgan fingerprint density at radius 1 is 1.20 bits per heavy atom. The minimum Gasteiger partial charge on any atom is -0.261 e. The zero-order chi connectivity index (χ0) is 11.3. The SMILES string of the molecule is C=C/C(C)=C\N=C(C)c1ccc(C)cc1. The van der Waals surface area contributed by atoms with E-state index in [-0.39, 0.29) is 0 Å². The molecule has 0 aliphatic carbocycles. The Hall–Kier alpha value is -1.63. The molecule has 0 amide bonds. The van der Waals surface area contributed by atoms with Gasteiger partial charge in [0, 0.05) is 11.9 Å². The van der Waals surface area contributed by atoms with E-state index in [1.54, 1.807) is 6.08 Å². The Balaban J connectivity index is 2.89. The highest BCUT2D eigenvalue weighted by Crippen LogP contribution is 2.05. The van der Waals surface area contributed by atoms with Crippen LogP contribution in [0.1, 0.15) is 25.0 Å². The Morgan fingerprint density at radius 3 is 2.33 bits per heavy atom. The second-order valence-corrected chi connectivity index (χ2v) is 3.66. The first kappa shape index (κ1) is 11.4. The van der Waals surface area contributed by atoms with Gasteiger partial charge in [-0.25, -0.2) is 0 Å². The molecule has 0 aliphatic heterocycles. The summed E-state index contributed by atoms with van der Waals surface area (Å²) < 4.78 is 0. The van der Waals surface area contributed by atoms with Gasteiger partial charge < -0.3 is 0 Å². The van der Waals surface area contributed by atoms with Crippen LogP contribution in [0.4, 0.5) is 0 Å². The van der Waals surface area contributed by atoms with Crippen molar-refractivity contribution in [2.24, 2.45) is 4.99 Å². The molecule has 0 bridgehead atoms. The van der Waals surface area contributed by atoms with Crippen molar-refractivity contribution in [1.29, 1.82) is 0 Å². The van der Waals surface area contributed by atoms with E-state index in [1.807, 2.05) is 20.0 Å². The van der Waals surface area contributed by atoms with Gasteiger partial charge in [-0.15, -0.1) is 0 Å². The van der Waals surface area contributed by atoms with Crippen LogP contribution in [0.2, 0.25) is 0 Å².